The Morgan fingerprint density at radius 3 is 1.71 bits per heavy atom. The maximum Gasteiger partial charge on any atom is 0.413 e. The lowest BCUT2D eigenvalue weighted by Gasteiger charge is -2.32. The maximum absolute atomic E-state index is 12.4. The minimum Gasteiger partial charge on any atom is -0.462 e. The number of alkyl halides is 6. The summed E-state index contributed by atoms with van der Waals surface area (Å²) in [5.41, 5.74) is -4.50. The lowest BCUT2D eigenvalue weighted by molar-refractivity contribution is -0.327. The lowest BCUT2D eigenvalue weighted by Crippen LogP contribution is -2.54. The summed E-state index contributed by atoms with van der Waals surface area (Å²) in [4.78, 5) is 11.1. The molecule has 0 unspecified atom stereocenters. The van der Waals surface area contributed by atoms with Gasteiger partial charge in [0.25, 0.3) is 5.41 Å². The molecule has 0 bridgehead atoms. The van der Waals surface area contributed by atoms with Gasteiger partial charge in [-0.2, -0.15) is 26.3 Å². The number of ether oxygens (including phenoxy) is 1. The van der Waals surface area contributed by atoms with E-state index in [1.54, 1.807) is 0 Å². The lowest BCUT2D eigenvalue weighted by atomic mass is 9.89. The molecule has 0 amide bonds. The van der Waals surface area contributed by atoms with E-state index in [-0.39, 0.29) is 13.3 Å². The van der Waals surface area contributed by atoms with E-state index in [0.29, 0.717) is 0 Å². The van der Waals surface area contributed by atoms with Crippen molar-refractivity contribution in [2.24, 2.45) is 5.41 Å². The predicted molar refractivity (Wildman–Crippen MR) is 46.1 cm³/mol. The number of carbonyl (C=O) groups is 1. The molecule has 2 nitrogen and oxygen atoms in total. The van der Waals surface area contributed by atoms with Crippen LogP contribution >= 0.6 is 0 Å². The van der Waals surface area contributed by atoms with Crippen LogP contribution in [0.5, 0.6) is 0 Å². The number of rotatable bonds is 3. The van der Waals surface area contributed by atoms with Gasteiger partial charge in [-0.3, -0.25) is 4.79 Å². The average Bonchev–Trinajstić information content (AvgIpc) is 2.12. The summed E-state index contributed by atoms with van der Waals surface area (Å²) in [7, 11) is 0. The van der Waals surface area contributed by atoms with Gasteiger partial charge >= 0.3 is 18.3 Å². The first-order chi connectivity index (χ1) is 7.38. The summed E-state index contributed by atoms with van der Waals surface area (Å²) in [6, 6.07) is 0. The Morgan fingerprint density at radius 2 is 1.47 bits per heavy atom. The quantitative estimate of drug-likeness (QED) is 0.577. The van der Waals surface area contributed by atoms with Gasteiger partial charge < -0.3 is 4.74 Å². The second-order valence-corrected chi connectivity index (χ2v) is 3.74. The first kappa shape index (κ1) is 16.1. The summed E-state index contributed by atoms with van der Waals surface area (Å²) in [5.74, 6) is -2.33. The van der Waals surface area contributed by atoms with Crippen LogP contribution in [-0.2, 0) is 9.53 Å². The Kier molecular flexibility index (Phi) is 4.47. The molecule has 0 N–H and O–H groups in total. The topological polar surface area (TPSA) is 26.3 Å². The number of esters is 1. The van der Waals surface area contributed by atoms with Gasteiger partial charge in [0.15, 0.2) is 0 Å². The molecule has 0 saturated heterocycles. The number of halogens is 6. The summed E-state index contributed by atoms with van der Waals surface area (Å²) in [6.07, 6.45) is -12.4. The van der Waals surface area contributed by atoms with Gasteiger partial charge in [-0.1, -0.05) is 6.92 Å². The van der Waals surface area contributed by atoms with E-state index >= 15 is 0 Å². The van der Waals surface area contributed by atoms with Crippen LogP contribution in [0, 0.1) is 5.41 Å². The predicted octanol–water partition coefficient (Wildman–Crippen LogP) is 3.46. The van der Waals surface area contributed by atoms with E-state index in [1.165, 1.54) is 13.8 Å². The fraction of sp³-hybridized carbons (Fsp3) is 0.889. The van der Waals surface area contributed by atoms with E-state index < -0.39 is 29.8 Å². The highest BCUT2D eigenvalue weighted by atomic mass is 19.4. The van der Waals surface area contributed by atoms with Crippen molar-refractivity contribution in [2.45, 2.75) is 45.6 Å². The molecular formula is C9H12F6O2. The Labute approximate surface area is 93.9 Å². The normalized spacial score (nSPS) is 15.6. The van der Waals surface area contributed by atoms with Crippen LogP contribution in [0.3, 0.4) is 0 Å². The molecule has 0 heterocycles. The minimum atomic E-state index is -5.75. The molecule has 0 aliphatic carbocycles. The van der Waals surface area contributed by atoms with Crippen LogP contribution in [0.15, 0.2) is 0 Å². The first-order valence-electron chi connectivity index (χ1n) is 4.72. The van der Waals surface area contributed by atoms with Crippen molar-refractivity contribution in [3.63, 3.8) is 0 Å². The molecule has 8 heteroatoms. The molecule has 102 valence electrons. The fourth-order valence-corrected chi connectivity index (χ4v) is 0.776. The maximum atomic E-state index is 12.4. The third-order valence-corrected chi connectivity index (χ3v) is 2.43. The van der Waals surface area contributed by atoms with Gasteiger partial charge in [0, 0.05) is 0 Å². The van der Waals surface area contributed by atoms with Crippen molar-refractivity contribution in [1.29, 1.82) is 0 Å². The van der Waals surface area contributed by atoms with Gasteiger partial charge in [0.05, 0.1) is 6.10 Å². The highest BCUT2D eigenvalue weighted by Gasteiger charge is 2.73. The molecule has 0 rings (SSSR count). The summed E-state index contributed by atoms with van der Waals surface area (Å²) >= 11 is 0. The van der Waals surface area contributed by atoms with E-state index in [2.05, 4.69) is 4.74 Å². The Balaban J connectivity index is 5.30. The Morgan fingerprint density at radius 1 is 1.12 bits per heavy atom. The SMILES string of the molecule is CC[C@@H](C)OC(=O)C(C)(C(F)(F)F)C(F)(F)F. The molecule has 0 aromatic rings. The van der Waals surface area contributed by atoms with Crippen LogP contribution < -0.4 is 0 Å². The Bertz CT molecular complexity index is 266. The molecule has 0 aromatic carbocycles. The highest BCUT2D eigenvalue weighted by Crippen LogP contribution is 2.50. The standard InChI is InChI=1S/C9H12F6O2/c1-4-5(2)17-6(16)7(3,8(10,11)12)9(13,14)15/h5H,4H2,1-3H3/t5-/m1/s1. The van der Waals surface area contributed by atoms with Gasteiger partial charge in [-0.25, -0.2) is 0 Å². The van der Waals surface area contributed by atoms with Crippen molar-refractivity contribution in [2.75, 3.05) is 0 Å². The number of hydrogen-bond acceptors (Lipinski definition) is 2. The molecule has 0 fully saturated rings. The molecule has 0 aliphatic heterocycles. The fourth-order valence-electron chi connectivity index (χ4n) is 0.776. The molecule has 17 heavy (non-hydrogen) atoms. The van der Waals surface area contributed by atoms with Gasteiger partial charge in [-0.05, 0) is 20.3 Å². The summed E-state index contributed by atoms with van der Waals surface area (Å²) < 4.78 is 78.4. The van der Waals surface area contributed by atoms with Crippen molar-refractivity contribution < 1.29 is 35.9 Å². The number of carbonyl (C=O) groups excluding carboxylic acids is 1. The van der Waals surface area contributed by atoms with Crippen LogP contribution in [0.2, 0.25) is 0 Å². The number of hydrogen-bond donors (Lipinski definition) is 0. The zero-order valence-corrected chi connectivity index (χ0v) is 9.37. The molecule has 0 saturated carbocycles. The van der Waals surface area contributed by atoms with Crippen LogP contribution in [0.1, 0.15) is 27.2 Å². The average molecular weight is 266 g/mol. The summed E-state index contributed by atoms with van der Waals surface area (Å²) in [6.45, 7) is 2.46. The summed E-state index contributed by atoms with van der Waals surface area (Å²) in [5, 5.41) is 0. The van der Waals surface area contributed by atoms with Crippen molar-refractivity contribution >= 4 is 5.97 Å². The second kappa shape index (κ2) is 4.73. The van der Waals surface area contributed by atoms with Crippen molar-refractivity contribution in [3.05, 3.63) is 0 Å². The third kappa shape index (κ3) is 3.04. The molecular weight excluding hydrogens is 254 g/mol. The zero-order chi connectivity index (χ0) is 14.1. The molecule has 0 radical (unpaired) electrons. The van der Waals surface area contributed by atoms with Crippen LogP contribution in [0.4, 0.5) is 26.3 Å². The second-order valence-electron chi connectivity index (χ2n) is 3.74. The van der Waals surface area contributed by atoms with Gasteiger partial charge in [-0.15, -0.1) is 0 Å². The monoisotopic (exact) mass is 266 g/mol. The van der Waals surface area contributed by atoms with Crippen molar-refractivity contribution in [1.82, 2.24) is 0 Å². The van der Waals surface area contributed by atoms with Crippen molar-refractivity contribution in [3.8, 4) is 0 Å². The minimum absolute atomic E-state index is 0.123. The van der Waals surface area contributed by atoms with Crippen LogP contribution in [-0.4, -0.2) is 24.4 Å². The highest BCUT2D eigenvalue weighted by molar-refractivity contribution is 5.78. The first-order valence-corrected chi connectivity index (χ1v) is 4.72. The van der Waals surface area contributed by atoms with E-state index in [4.69, 9.17) is 0 Å². The van der Waals surface area contributed by atoms with E-state index in [1.807, 2.05) is 0 Å². The van der Waals surface area contributed by atoms with E-state index in [0.717, 1.165) is 0 Å². The zero-order valence-electron chi connectivity index (χ0n) is 9.37. The molecule has 1 atom stereocenters. The van der Waals surface area contributed by atoms with Gasteiger partial charge in [0.2, 0.25) is 0 Å². The molecule has 0 aromatic heterocycles. The largest absolute Gasteiger partial charge is 0.462 e. The Hall–Kier alpha value is -0.950. The van der Waals surface area contributed by atoms with Crippen LogP contribution in [0.25, 0.3) is 0 Å². The smallest absolute Gasteiger partial charge is 0.413 e. The third-order valence-electron chi connectivity index (χ3n) is 2.43. The molecule has 0 aliphatic rings. The van der Waals surface area contributed by atoms with E-state index in [9.17, 15) is 31.1 Å². The van der Waals surface area contributed by atoms with Gasteiger partial charge in [0.1, 0.15) is 0 Å². The molecule has 0 spiro atoms.